The van der Waals surface area contributed by atoms with Gasteiger partial charge >= 0.3 is 0 Å². The van der Waals surface area contributed by atoms with Crippen molar-refractivity contribution in [1.82, 2.24) is 0 Å². The van der Waals surface area contributed by atoms with Gasteiger partial charge in [-0.05, 0) is 48.1 Å². The summed E-state index contributed by atoms with van der Waals surface area (Å²) in [7, 11) is 0. The highest BCUT2D eigenvalue weighted by molar-refractivity contribution is 6.30. The molecule has 2 rings (SSSR count). The minimum Gasteiger partial charge on any atom is -0.0905 e. The number of benzene rings is 1. The average Bonchev–Trinajstić information content (AvgIpc) is 2.87. The molecule has 1 heteroatoms. The Morgan fingerprint density at radius 3 is 2.75 bits per heavy atom. The van der Waals surface area contributed by atoms with E-state index in [1.54, 1.807) is 0 Å². The van der Waals surface area contributed by atoms with Crippen molar-refractivity contribution in [2.75, 3.05) is 0 Å². The van der Waals surface area contributed by atoms with E-state index in [0.29, 0.717) is 0 Å². The van der Waals surface area contributed by atoms with Crippen molar-refractivity contribution in [2.24, 2.45) is 0 Å². The molecule has 0 aliphatic heterocycles. The molecule has 1 aliphatic carbocycles. The molecule has 0 atom stereocenters. The molecule has 0 nitrogen and oxygen atoms in total. The quantitative estimate of drug-likeness (QED) is 0.648. The Morgan fingerprint density at radius 2 is 2.17 bits per heavy atom. The molecule has 0 aromatic heterocycles. The molecule has 0 N–H and O–H groups in total. The minimum atomic E-state index is 0.742. The van der Waals surface area contributed by atoms with Crippen molar-refractivity contribution in [2.45, 2.75) is 18.8 Å². The molecule has 1 aromatic carbocycles. The molecule has 1 aromatic rings. The second-order valence-corrected chi connectivity index (χ2v) is 3.62. The molecule has 1 radical (unpaired) electrons. The molecule has 0 heterocycles. The molecular formula is C11H10Cl. The van der Waals surface area contributed by atoms with E-state index in [-0.39, 0.29) is 0 Å². The standard InChI is InChI=1S/C11H10Cl/c1-2-8-7-10(12)5-6-11(8)9-3-4-9/h5-7,9H,1,3-4H2. The molecular weight excluding hydrogens is 168 g/mol. The molecule has 0 amide bonds. The van der Waals surface area contributed by atoms with E-state index in [9.17, 15) is 0 Å². The van der Waals surface area contributed by atoms with Crippen LogP contribution in [0.15, 0.2) is 24.8 Å². The van der Waals surface area contributed by atoms with Crippen LogP contribution in [0.4, 0.5) is 0 Å². The third kappa shape index (κ3) is 1.39. The van der Waals surface area contributed by atoms with E-state index in [1.807, 2.05) is 12.1 Å². The Morgan fingerprint density at radius 1 is 1.42 bits per heavy atom. The molecule has 0 spiro atoms. The summed E-state index contributed by atoms with van der Waals surface area (Å²) in [6, 6.07) is 5.96. The zero-order chi connectivity index (χ0) is 8.55. The van der Waals surface area contributed by atoms with Gasteiger partial charge in [-0.25, -0.2) is 0 Å². The van der Waals surface area contributed by atoms with Crippen LogP contribution < -0.4 is 0 Å². The van der Waals surface area contributed by atoms with Crippen LogP contribution in [0.2, 0.25) is 5.02 Å². The first kappa shape index (κ1) is 7.88. The minimum absolute atomic E-state index is 0.742. The fourth-order valence-corrected chi connectivity index (χ4v) is 1.60. The molecule has 1 fully saturated rings. The van der Waals surface area contributed by atoms with Crippen molar-refractivity contribution in [3.8, 4) is 0 Å². The van der Waals surface area contributed by atoms with Crippen LogP contribution in [0.25, 0.3) is 0 Å². The van der Waals surface area contributed by atoms with Crippen LogP contribution in [0.5, 0.6) is 0 Å². The van der Waals surface area contributed by atoms with Crippen LogP contribution >= 0.6 is 11.6 Å². The highest BCUT2D eigenvalue weighted by Crippen LogP contribution is 2.42. The lowest BCUT2D eigenvalue weighted by molar-refractivity contribution is 1.11. The number of rotatable bonds is 2. The van der Waals surface area contributed by atoms with Gasteiger partial charge in [0.25, 0.3) is 0 Å². The van der Waals surface area contributed by atoms with E-state index in [0.717, 1.165) is 16.5 Å². The second kappa shape index (κ2) is 2.95. The van der Waals surface area contributed by atoms with Crippen LogP contribution in [0, 0.1) is 6.08 Å². The van der Waals surface area contributed by atoms with Gasteiger partial charge in [0.05, 0.1) is 0 Å². The molecule has 0 saturated heterocycles. The van der Waals surface area contributed by atoms with E-state index >= 15 is 0 Å². The smallest absolute Gasteiger partial charge is 0.0412 e. The van der Waals surface area contributed by atoms with Gasteiger partial charge < -0.3 is 0 Å². The lowest BCUT2D eigenvalue weighted by atomic mass is 10.0. The molecule has 0 bridgehead atoms. The summed E-state index contributed by atoms with van der Waals surface area (Å²) in [6.07, 6.45) is 5.53. The Bertz CT molecular complexity index is 311. The number of hydrogen-bond donors (Lipinski definition) is 0. The fourth-order valence-electron chi connectivity index (χ4n) is 1.43. The normalized spacial score (nSPS) is 16.1. The van der Waals surface area contributed by atoms with E-state index < -0.39 is 0 Å². The van der Waals surface area contributed by atoms with Crippen molar-refractivity contribution >= 4 is 11.6 Å². The van der Waals surface area contributed by atoms with E-state index in [4.69, 9.17) is 11.6 Å². The summed E-state index contributed by atoms with van der Waals surface area (Å²) in [6.45, 7) is 3.66. The first-order valence-corrected chi connectivity index (χ1v) is 4.51. The maximum Gasteiger partial charge on any atom is 0.0412 e. The molecule has 61 valence electrons. The monoisotopic (exact) mass is 177 g/mol. The van der Waals surface area contributed by atoms with Crippen molar-refractivity contribution in [3.05, 3.63) is 47.0 Å². The van der Waals surface area contributed by atoms with Gasteiger partial charge in [-0.15, -0.1) is 0 Å². The number of hydrogen-bond acceptors (Lipinski definition) is 0. The van der Waals surface area contributed by atoms with Gasteiger partial charge in [-0.3, -0.25) is 0 Å². The Labute approximate surface area is 77.9 Å². The van der Waals surface area contributed by atoms with Gasteiger partial charge in [-0.2, -0.15) is 0 Å². The maximum absolute atomic E-state index is 5.85. The Balaban J connectivity index is 2.44. The van der Waals surface area contributed by atoms with Gasteiger partial charge in [0.2, 0.25) is 0 Å². The van der Waals surface area contributed by atoms with Crippen molar-refractivity contribution in [3.63, 3.8) is 0 Å². The highest BCUT2D eigenvalue weighted by atomic mass is 35.5. The average molecular weight is 178 g/mol. The Kier molecular flexibility index (Phi) is 1.93. The summed E-state index contributed by atoms with van der Waals surface area (Å²) in [5, 5.41) is 0.769. The van der Waals surface area contributed by atoms with Gasteiger partial charge in [0.15, 0.2) is 0 Å². The lowest BCUT2D eigenvalue weighted by Crippen LogP contribution is -1.85. The summed E-state index contributed by atoms with van der Waals surface area (Å²) < 4.78 is 0. The molecule has 12 heavy (non-hydrogen) atoms. The summed E-state index contributed by atoms with van der Waals surface area (Å²) >= 11 is 5.85. The van der Waals surface area contributed by atoms with Crippen LogP contribution in [0.3, 0.4) is 0 Å². The topological polar surface area (TPSA) is 0 Å². The SMILES string of the molecule is C=[C]c1cc(Cl)ccc1C1CC1. The van der Waals surface area contributed by atoms with Gasteiger partial charge in [-0.1, -0.05) is 24.2 Å². The maximum atomic E-state index is 5.85. The van der Waals surface area contributed by atoms with Gasteiger partial charge in [0.1, 0.15) is 0 Å². The van der Waals surface area contributed by atoms with Crippen LogP contribution in [0.1, 0.15) is 29.9 Å². The molecule has 1 saturated carbocycles. The van der Waals surface area contributed by atoms with Crippen molar-refractivity contribution < 1.29 is 0 Å². The van der Waals surface area contributed by atoms with E-state index in [1.165, 1.54) is 18.4 Å². The third-order valence-electron chi connectivity index (χ3n) is 2.22. The van der Waals surface area contributed by atoms with Crippen LogP contribution in [-0.4, -0.2) is 0 Å². The summed E-state index contributed by atoms with van der Waals surface area (Å²) in [5.41, 5.74) is 2.43. The highest BCUT2D eigenvalue weighted by Gasteiger charge is 2.25. The van der Waals surface area contributed by atoms with Crippen LogP contribution in [-0.2, 0) is 0 Å². The first-order chi connectivity index (χ1) is 5.81. The predicted octanol–water partition coefficient (Wildman–Crippen LogP) is 3.55. The molecule has 1 aliphatic rings. The first-order valence-electron chi connectivity index (χ1n) is 4.14. The zero-order valence-electron chi connectivity index (χ0n) is 6.81. The third-order valence-corrected chi connectivity index (χ3v) is 2.46. The summed E-state index contributed by atoms with van der Waals surface area (Å²) in [5.74, 6) is 0.742. The second-order valence-electron chi connectivity index (χ2n) is 3.18. The fraction of sp³-hybridized carbons (Fsp3) is 0.273. The lowest BCUT2D eigenvalue weighted by Gasteiger charge is -2.03. The van der Waals surface area contributed by atoms with E-state index in [2.05, 4.69) is 18.7 Å². The molecule has 0 unspecified atom stereocenters. The summed E-state index contributed by atoms with van der Waals surface area (Å²) in [4.78, 5) is 0. The Hall–Kier alpha value is -0.750. The largest absolute Gasteiger partial charge is 0.0905 e. The van der Waals surface area contributed by atoms with Crippen molar-refractivity contribution in [1.29, 1.82) is 0 Å². The number of halogens is 1. The zero-order valence-corrected chi connectivity index (χ0v) is 7.56. The van der Waals surface area contributed by atoms with Gasteiger partial charge in [0, 0.05) is 5.02 Å². The predicted molar refractivity (Wildman–Crippen MR) is 51.4 cm³/mol.